The molecule has 0 spiro atoms. The Morgan fingerprint density at radius 2 is 1.69 bits per heavy atom. The summed E-state index contributed by atoms with van der Waals surface area (Å²) in [5.41, 5.74) is 2.96. The Labute approximate surface area is 206 Å². The molecule has 2 aromatic carbocycles. The van der Waals surface area contributed by atoms with Gasteiger partial charge in [0.15, 0.2) is 0 Å². The van der Waals surface area contributed by atoms with Crippen LogP contribution in [0.1, 0.15) is 16.0 Å². The zero-order chi connectivity index (χ0) is 24.5. The fraction of sp³-hybridized carbons (Fsp3) is 0.0741. The Morgan fingerprint density at radius 1 is 0.886 bits per heavy atom. The number of benzene rings is 2. The van der Waals surface area contributed by atoms with Crippen molar-refractivity contribution in [2.45, 2.75) is 13.1 Å². The molecule has 0 radical (unpaired) electrons. The van der Waals surface area contributed by atoms with Crippen molar-refractivity contribution < 1.29 is 14.0 Å². The average Bonchev–Trinajstić information content (AvgIpc) is 3.35. The molecule has 0 aliphatic heterocycles. The van der Waals surface area contributed by atoms with Crippen molar-refractivity contribution in [3.05, 3.63) is 113 Å². The number of aromatic nitrogens is 1. The highest BCUT2D eigenvalue weighted by Crippen LogP contribution is 2.30. The third kappa shape index (κ3) is 7.09. The molecule has 8 heteroatoms. The molecule has 6 nitrogen and oxygen atoms in total. The van der Waals surface area contributed by atoms with E-state index in [4.69, 9.17) is 0 Å². The maximum atomic E-state index is 14.0. The van der Waals surface area contributed by atoms with Gasteiger partial charge in [0.1, 0.15) is 5.82 Å². The van der Waals surface area contributed by atoms with E-state index in [-0.39, 0.29) is 17.8 Å². The lowest BCUT2D eigenvalue weighted by Crippen LogP contribution is -2.28. The molecule has 4 rings (SSSR count). The smallest absolute Gasteiger partial charge is 0.319 e. The minimum atomic E-state index is -0.323. The van der Waals surface area contributed by atoms with E-state index in [1.54, 1.807) is 48.8 Å². The number of rotatable bonds is 8. The molecule has 3 amide bonds. The number of anilines is 1. The minimum Gasteiger partial charge on any atom is -0.348 e. The Bertz CT molecular complexity index is 1340. The van der Waals surface area contributed by atoms with E-state index in [0.29, 0.717) is 24.3 Å². The van der Waals surface area contributed by atoms with E-state index in [1.165, 1.54) is 23.5 Å². The van der Waals surface area contributed by atoms with Crippen LogP contribution in [0.5, 0.6) is 0 Å². The minimum absolute atomic E-state index is 0.251. The number of halogens is 1. The summed E-state index contributed by atoms with van der Waals surface area (Å²) >= 11 is 1.41. The molecule has 0 saturated heterocycles. The van der Waals surface area contributed by atoms with Crippen LogP contribution >= 0.6 is 11.3 Å². The second-order valence-electron chi connectivity index (χ2n) is 7.60. The van der Waals surface area contributed by atoms with E-state index >= 15 is 0 Å². The molecule has 0 aliphatic rings. The largest absolute Gasteiger partial charge is 0.348 e. The van der Waals surface area contributed by atoms with E-state index in [9.17, 15) is 14.0 Å². The predicted molar refractivity (Wildman–Crippen MR) is 137 cm³/mol. The zero-order valence-corrected chi connectivity index (χ0v) is 19.5. The highest BCUT2D eigenvalue weighted by atomic mass is 32.1. The number of pyridine rings is 1. The van der Waals surface area contributed by atoms with Gasteiger partial charge >= 0.3 is 6.03 Å². The number of nitrogens with zero attached hydrogens (tertiary/aromatic N) is 1. The van der Waals surface area contributed by atoms with Gasteiger partial charge in [-0.15, -0.1) is 11.3 Å². The first-order chi connectivity index (χ1) is 17.1. The molecule has 3 N–H and O–H groups in total. The summed E-state index contributed by atoms with van der Waals surface area (Å²) in [5.74, 6) is -0.523. The fourth-order valence-electron chi connectivity index (χ4n) is 3.27. The maximum absolute atomic E-state index is 14.0. The van der Waals surface area contributed by atoms with Gasteiger partial charge in [-0.25, -0.2) is 9.18 Å². The van der Waals surface area contributed by atoms with Gasteiger partial charge in [-0.3, -0.25) is 9.78 Å². The molecule has 2 heterocycles. The fourth-order valence-corrected chi connectivity index (χ4v) is 4.21. The number of carbonyl (C=O) groups is 2. The van der Waals surface area contributed by atoms with Gasteiger partial charge in [-0.1, -0.05) is 30.3 Å². The highest BCUT2D eigenvalue weighted by molar-refractivity contribution is 7.16. The summed E-state index contributed by atoms with van der Waals surface area (Å²) in [6, 6.07) is 20.9. The molecule has 2 aromatic heterocycles. The molecule has 0 fully saturated rings. The molecule has 0 bridgehead atoms. The van der Waals surface area contributed by atoms with Crippen LogP contribution in [-0.2, 0) is 17.9 Å². The second-order valence-corrected chi connectivity index (χ2v) is 8.71. The van der Waals surface area contributed by atoms with Crippen molar-refractivity contribution in [3.8, 4) is 10.4 Å². The van der Waals surface area contributed by atoms with Gasteiger partial charge in [0.05, 0.1) is 0 Å². The number of carbonyl (C=O) groups excluding carboxylic acids is 2. The second kappa shape index (κ2) is 11.7. The third-order valence-corrected chi connectivity index (χ3v) is 6.10. The van der Waals surface area contributed by atoms with E-state index in [0.717, 1.165) is 20.9 Å². The number of thiophene rings is 1. The topological polar surface area (TPSA) is 83.1 Å². The SMILES string of the molecule is O=C(/C=C/c1ccc(-c2ccccc2F)s1)NCc1cccc(NC(=O)NCc2ccncc2)c1. The molecular formula is C27H23FN4O2S. The predicted octanol–water partition coefficient (Wildman–Crippen LogP) is 5.60. The summed E-state index contributed by atoms with van der Waals surface area (Å²) in [6.45, 7) is 0.699. The molecule has 0 atom stereocenters. The molecular weight excluding hydrogens is 463 g/mol. The number of amides is 3. The zero-order valence-electron chi connectivity index (χ0n) is 18.7. The monoisotopic (exact) mass is 486 g/mol. The van der Waals surface area contributed by atoms with Crippen LogP contribution in [0, 0.1) is 5.82 Å². The highest BCUT2D eigenvalue weighted by Gasteiger charge is 2.07. The standard InChI is InChI=1S/C27H23FN4O2S/c28-24-7-2-1-6-23(24)25-10-8-22(35-25)9-11-26(33)30-18-20-4-3-5-21(16-20)32-27(34)31-17-19-12-14-29-15-13-19/h1-16H,17-18H2,(H,30,33)(H2,31,32,34)/b11-9+. The quantitative estimate of drug-likeness (QED) is 0.284. The van der Waals surface area contributed by atoms with Crippen LogP contribution in [0.25, 0.3) is 16.5 Å². The van der Waals surface area contributed by atoms with Gasteiger partial charge in [0.2, 0.25) is 5.91 Å². The molecule has 0 aliphatic carbocycles. The van der Waals surface area contributed by atoms with Crippen molar-refractivity contribution >= 4 is 35.0 Å². The van der Waals surface area contributed by atoms with Crippen LogP contribution in [0.4, 0.5) is 14.9 Å². The average molecular weight is 487 g/mol. The first-order valence-electron chi connectivity index (χ1n) is 10.9. The summed E-state index contributed by atoms with van der Waals surface area (Å²) in [5, 5.41) is 8.41. The molecule has 176 valence electrons. The first kappa shape index (κ1) is 23.8. The number of hydrogen-bond acceptors (Lipinski definition) is 4. The number of urea groups is 1. The van der Waals surface area contributed by atoms with Gasteiger partial charge in [-0.05, 0) is 59.7 Å². The summed E-state index contributed by atoms with van der Waals surface area (Å²) in [7, 11) is 0. The molecule has 0 unspecified atom stereocenters. The Hall–Kier alpha value is -4.30. The van der Waals surface area contributed by atoms with Crippen LogP contribution in [0.2, 0.25) is 0 Å². The maximum Gasteiger partial charge on any atom is 0.319 e. The Kier molecular flexibility index (Phi) is 7.98. The van der Waals surface area contributed by atoms with E-state index < -0.39 is 0 Å². The summed E-state index contributed by atoms with van der Waals surface area (Å²) < 4.78 is 14.0. The van der Waals surface area contributed by atoms with Gasteiger partial charge in [0.25, 0.3) is 0 Å². The van der Waals surface area contributed by atoms with Gasteiger partial charge in [-0.2, -0.15) is 0 Å². The van der Waals surface area contributed by atoms with Gasteiger partial charge in [0, 0.05) is 52.6 Å². The third-order valence-electron chi connectivity index (χ3n) is 5.02. The van der Waals surface area contributed by atoms with Crippen LogP contribution in [0.3, 0.4) is 0 Å². The number of nitrogens with one attached hydrogen (secondary N) is 3. The van der Waals surface area contributed by atoms with Crippen molar-refractivity contribution in [1.82, 2.24) is 15.6 Å². The lowest BCUT2D eigenvalue weighted by molar-refractivity contribution is -0.116. The Morgan fingerprint density at radius 3 is 2.51 bits per heavy atom. The summed E-state index contributed by atoms with van der Waals surface area (Å²) in [6.07, 6.45) is 6.50. The lowest BCUT2D eigenvalue weighted by atomic mass is 10.2. The first-order valence-corrected chi connectivity index (χ1v) is 11.7. The van der Waals surface area contributed by atoms with E-state index in [2.05, 4.69) is 20.9 Å². The lowest BCUT2D eigenvalue weighted by Gasteiger charge is -2.09. The van der Waals surface area contributed by atoms with Crippen molar-refractivity contribution in [2.75, 3.05) is 5.32 Å². The normalized spacial score (nSPS) is 10.8. The van der Waals surface area contributed by atoms with E-state index in [1.807, 2.05) is 36.4 Å². The van der Waals surface area contributed by atoms with Crippen molar-refractivity contribution in [1.29, 1.82) is 0 Å². The number of hydrogen-bond donors (Lipinski definition) is 3. The van der Waals surface area contributed by atoms with Gasteiger partial charge < -0.3 is 16.0 Å². The summed E-state index contributed by atoms with van der Waals surface area (Å²) in [4.78, 5) is 30.0. The van der Waals surface area contributed by atoms with Crippen molar-refractivity contribution in [2.24, 2.45) is 0 Å². The van der Waals surface area contributed by atoms with Crippen LogP contribution in [-0.4, -0.2) is 16.9 Å². The molecule has 35 heavy (non-hydrogen) atoms. The van der Waals surface area contributed by atoms with Crippen molar-refractivity contribution in [3.63, 3.8) is 0 Å². The molecule has 4 aromatic rings. The Balaban J connectivity index is 1.26. The van der Waals surface area contributed by atoms with Crippen LogP contribution < -0.4 is 16.0 Å². The molecule has 0 saturated carbocycles. The van der Waals surface area contributed by atoms with Crippen LogP contribution in [0.15, 0.2) is 91.3 Å².